The molecule has 6 nitrogen and oxygen atoms in total. The molecule has 0 aliphatic rings. The van der Waals surface area contributed by atoms with Gasteiger partial charge in [-0.3, -0.25) is 18.7 Å². The SMILES string of the molecule is CCCn1cc(I)c(=O)n(CCCCC(=O)O)c1=O. The standard InChI is InChI=1S/C12H17IN2O4/c1-2-6-14-8-9(13)11(18)15(12(14)19)7-4-3-5-10(16)17/h8H,2-7H2,1H3,(H,16,17). The van der Waals surface area contributed by atoms with Crippen LogP contribution in [-0.4, -0.2) is 20.2 Å². The summed E-state index contributed by atoms with van der Waals surface area (Å²) in [5.74, 6) is -0.863. The van der Waals surface area contributed by atoms with Gasteiger partial charge >= 0.3 is 11.7 Å². The molecule has 1 aromatic heterocycles. The highest BCUT2D eigenvalue weighted by Gasteiger charge is 2.09. The second-order valence-electron chi connectivity index (χ2n) is 4.26. The first-order valence-corrected chi connectivity index (χ1v) is 7.26. The molecular formula is C12H17IN2O4. The van der Waals surface area contributed by atoms with E-state index in [0.29, 0.717) is 23.0 Å². The maximum Gasteiger partial charge on any atom is 0.331 e. The van der Waals surface area contributed by atoms with Crippen LogP contribution in [0.4, 0.5) is 0 Å². The minimum absolute atomic E-state index is 0.0574. The maximum atomic E-state index is 12.1. The summed E-state index contributed by atoms with van der Waals surface area (Å²) in [7, 11) is 0. The molecule has 7 heteroatoms. The number of carboxylic acids is 1. The number of rotatable bonds is 7. The molecule has 0 aliphatic heterocycles. The molecule has 1 N–H and O–H groups in total. The van der Waals surface area contributed by atoms with Crippen molar-refractivity contribution >= 4 is 28.6 Å². The summed E-state index contributed by atoms with van der Waals surface area (Å²) in [5, 5.41) is 8.54. The van der Waals surface area contributed by atoms with Crippen molar-refractivity contribution in [3.8, 4) is 0 Å². The molecule has 0 saturated carbocycles. The zero-order chi connectivity index (χ0) is 14.4. The highest BCUT2D eigenvalue weighted by atomic mass is 127. The van der Waals surface area contributed by atoms with Crippen molar-refractivity contribution in [2.45, 2.75) is 45.7 Å². The maximum absolute atomic E-state index is 12.1. The number of aromatic nitrogens is 2. The van der Waals surface area contributed by atoms with Gasteiger partial charge in [0.25, 0.3) is 5.56 Å². The summed E-state index contributed by atoms with van der Waals surface area (Å²) in [4.78, 5) is 34.4. The van der Waals surface area contributed by atoms with E-state index < -0.39 is 5.97 Å². The van der Waals surface area contributed by atoms with Crippen molar-refractivity contribution in [1.82, 2.24) is 9.13 Å². The first-order chi connectivity index (χ1) is 8.97. The van der Waals surface area contributed by atoms with E-state index in [1.807, 2.05) is 29.5 Å². The van der Waals surface area contributed by atoms with E-state index in [2.05, 4.69) is 0 Å². The summed E-state index contributed by atoms with van der Waals surface area (Å²) in [6, 6.07) is 0. The summed E-state index contributed by atoms with van der Waals surface area (Å²) >= 11 is 1.92. The Morgan fingerprint density at radius 3 is 2.58 bits per heavy atom. The highest BCUT2D eigenvalue weighted by Crippen LogP contribution is 1.99. The molecule has 106 valence electrons. The molecule has 19 heavy (non-hydrogen) atoms. The van der Waals surface area contributed by atoms with Crippen LogP contribution in [0.2, 0.25) is 0 Å². The lowest BCUT2D eigenvalue weighted by Crippen LogP contribution is -2.40. The predicted molar refractivity (Wildman–Crippen MR) is 79.5 cm³/mol. The quantitative estimate of drug-likeness (QED) is 0.571. The van der Waals surface area contributed by atoms with Gasteiger partial charge in [0.1, 0.15) is 0 Å². The number of aryl methyl sites for hydroxylation is 1. The normalized spacial score (nSPS) is 10.6. The third-order valence-electron chi connectivity index (χ3n) is 2.68. The van der Waals surface area contributed by atoms with Gasteiger partial charge in [0, 0.05) is 25.7 Å². The number of aliphatic carboxylic acids is 1. The number of nitrogens with zero attached hydrogens (tertiary/aromatic N) is 2. The van der Waals surface area contributed by atoms with Crippen LogP contribution in [0.15, 0.2) is 15.8 Å². The molecule has 0 radical (unpaired) electrons. The fraction of sp³-hybridized carbons (Fsp3) is 0.583. The van der Waals surface area contributed by atoms with E-state index in [4.69, 9.17) is 5.11 Å². The van der Waals surface area contributed by atoms with E-state index in [1.54, 1.807) is 6.20 Å². The first kappa shape index (κ1) is 15.9. The van der Waals surface area contributed by atoms with Crippen LogP contribution in [-0.2, 0) is 17.9 Å². The fourth-order valence-electron chi connectivity index (χ4n) is 1.76. The lowest BCUT2D eigenvalue weighted by Gasteiger charge is -2.10. The Labute approximate surface area is 124 Å². The van der Waals surface area contributed by atoms with Crippen LogP contribution in [0, 0.1) is 3.57 Å². The number of carboxylic acid groups (broad SMARTS) is 1. The average Bonchev–Trinajstić information content (AvgIpc) is 2.35. The van der Waals surface area contributed by atoms with E-state index >= 15 is 0 Å². The average molecular weight is 380 g/mol. The minimum Gasteiger partial charge on any atom is -0.481 e. The monoisotopic (exact) mass is 380 g/mol. The molecule has 0 bridgehead atoms. The zero-order valence-corrected chi connectivity index (χ0v) is 12.9. The Balaban J connectivity index is 2.90. The van der Waals surface area contributed by atoms with Crippen molar-refractivity contribution in [3.63, 3.8) is 0 Å². The van der Waals surface area contributed by atoms with Crippen LogP contribution in [0.25, 0.3) is 0 Å². The smallest absolute Gasteiger partial charge is 0.331 e. The number of halogens is 1. The molecule has 1 aromatic rings. The van der Waals surface area contributed by atoms with Crippen LogP contribution in [0.5, 0.6) is 0 Å². The Hall–Kier alpha value is -1.12. The van der Waals surface area contributed by atoms with E-state index in [9.17, 15) is 14.4 Å². The van der Waals surface area contributed by atoms with Crippen LogP contribution in [0.3, 0.4) is 0 Å². The van der Waals surface area contributed by atoms with E-state index in [-0.39, 0.29) is 24.2 Å². The molecular weight excluding hydrogens is 363 g/mol. The van der Waals surface area contributed by atoms with Gasteiger partial charge < -0.3 is 5.11 Å². The second-order valence-corrected chi connectivity index (χ2v) is 5.42. The number of carbonyl (C=O) groups is 1. The Morgan fingerprint density at radius 2 is 2.00 bits per heavy atom. The zero-order valence-electron chi connectivity index (χ0n) is 10.8. The molecule has 0 fully saturated rings. The molecule has 0 spiro atoms. The lowest BCUT2D eigenvalue weighted by molar-refractivity contribution is -0.137. The number of unbranched alkanes of at least 4 members (excludes halogenated alkanes) is 1. The second kappa shape index (κ2) is 7.46. The summed E-state index contributed by atoms with van der Waals surface area (Å²) < 4.78 is 3.23. The molecule has 1 heterocycles. The molecule has 0 saturated heterocycles. The van der Waals surface area contributed by atoms with Crippen molar-refractivity contribution in [2.75, 3.05) is 0 Å². The fourth-order valence-corrected chi connectivity index (χ4v) is 2.39. The van der Waals surface area contributed by atoms with Gasteiger partial charge in [-0.25, -0.2) is 4.79 Å². The summed E-state index contributed by atoms with van der Waals surface area (Å²) in [5.41, 5.74) is -0.615. The Morgan fingerprint density at radius 1 is 1.32 bits per heavy atom. The third-order valence-corrected chi connectivity index (χ3v) is 3.42. The molecule has 0 aromatic carbocycles. The predicted octanol–water partition coefficient (Wildman–Crippen LogP) is 1.28. The van der Waals surface area contributed by atoms with Gasteiger partial charge in [0.15, 0.2) is 0 Å². The van der Waals surface area contributed by atoms with Crippen molar-refractivity contribution in [2.24, 2.45) is 0 Å². The van der Waals surface area contributed by atoms with Crippen LogP contribution >= 0.6 is 22.6 Å². The number of hydrogen-bond donors (Lipinski definition) is 1. The van der Waals surface area contributed by atoms with Gasteiger partial charge in [0.2, 0.25) is 0 Å². The molecule has 0 amide bonds. The topological polar surface area (TPSA) is 81.3 Å². The third kappa shape index (κ3) is 4.48. The molecule has 1 rings (SSSR count). The van der Waals surface area contributed by atoms with Crippen molar-refractivity contribution < 1.29 is 9.90 Å². The number of hydrogen-bond acceptors (Lipinski definition) is 3. The minimum atomic E-state index is -0.863. The van der Waals surface area contributed by atoms with Gasteiger partial charge in [-0.1, -0.05) is 6.92 Å². The van der Waals surface area contributed by atoms with Gasteiger partial charge in [-0.05, 0) is 41.9 Å². The van der Waals surface area contributed by atoms with E-state index in [0.717, 1.165) is 6.42 Å². The van der Waals surface area contributed by atoms with Crippen molar-refractivity contribution in [1.29, 1.82) is 0 Å². The van der Waals surface area contributed by atoms with Gasteiger partial charge in [-0.2, -0.15) is 0 Å². The van der Waals surface area contributed by atoms with Crippen LogP contribution in [0.1, 0.15) is 32.6 Å². The van der Waals surface area contributed by atoms with Crippen LogP contribution < -0.4 is 11.2 Å². The largest absolute Gasteiger partial charge is 0.481 e. The molecule has 0 atom stereocenters. The molecule has 0 aliphatic carbocycles. The summed E-state index contributed by atoms with van der Waals surface area (Å²) in [6.45, 7) is 2.80. The van der Waals surface area contributed by atoms with Crippen molar-refractivity contribution in [3.05, 3.63) is 30.6 Å². The molecule has 0 unspecified atom stereocenters. The highest BCUT2D eigenvalue weighted by molar-refractivity contribution is 14.1. The Kier molecular flexibility index (Phi) is 6.26. The van der Waals surface area contributed by atoms with Gasteiger partial charge in [0.05, 0.1) is 3.57 Å². The Bertz CT molecular complexity index is 562. The van der Waals surface area contributed by atoms with E-state index in [1.165, 1.54) is 9.13 Å². The lowest BCUT2D eigenvalue weighted by atomic mass is 10.2. The first-order valence-electron chi connectivity index (χ1n) is 6.19. The summed E-state index contributed by atoms with van der Waals surface area (Å²) in [6.07, 6.45) is 3.41. The van der Waals surface area contributed by atoms with Gasteiger partial charge in [-0.15, -0.1) is 0 Å².